The summed E-state index contributed by atoms with van der Waals surface area (Å²) in [6, 6.07) is 6.65. The molecule has 0 saturated carbocycles. The largest absolute Gasteiger partial charge is 0.493 e. The highest BCUT2D eigenvalue weighted by Crippen LogP contribution is 2.44. The van der Waals surface area contributed by atoms with Crippen LogP contribution in [0.3, 0.4) is 0 Å². The Morgan fingerprint density at radius 2 is 2.10 bits per heavy atom. The van der Waals surface area contributed by atoms with E-state index in [1.807, 2.05) is 0 Å². The van der Waals surface area contributed by atoms with Crippen molar-refractivity contribution in [2.45, 2.75) is 52.4 Å². The van der Waals surface area contributed by atoms with Crippen molar-refractivity contribution in [1.29, 1.82) is 0 Å². The molecule has 1 aromatic carbocycles. The van der Waals surface area contributed by atoms with Gasteiger partial charge in [-0.1, -0.05) is 32.9 Å². The number of unbranched alkanes of at least 4 members (excludes halogenated alkanes) is 1. The average Bonchev–Trinajstić information content (AvgIpc) is 2.42. The van der Waals surface area contributed by atoms with Crippen LogP contribution in [0.4, 0.5) is 0 Å². The first-order chi connectivity index (χ1) is 9.52. The van der Waals surface area contributed by atoms with E-state index in [2.05, 4.69) is 43.8 Å². The monoisotopic (exact) mass is 271 g/mol. The lowest BCUT2D eigenvalue weighted by atomic mass is 9.73. The molecule has 1 atom stereocenters. The highest BCUT2D eigenvalue weighted by molar-refractivity contribution is 5.42. The highest BCUT2D eigenvalue weighted by Gasteiger charge is 2.31. The van der Waals surface area contributed by atoms with Crippen molar-refractivity contribution in [3.63, 3.8) is 0 Å². The van der Waals surface area contributed by atoms with Crippen LogP contribution < -0.4 is 4.74 Å². The number of fused-ring (bicyclic) bond motifs is 1. The predicted molar refractivity (Wildman–Crippen MR) is 83.2 cm³/mol. The molecule has 2 rings (SSSR count). The quantitative estimate of drug-likeness (QED) is 0.564. The van der Waals surface area contributed by atoms with Gasteiger partial charge in [0.2, 0.25) is 6.54 Å². The van der Waals surface area contributed by atoms with Gasteiger partial charge < -0.3 is 9.58 Å². The summed E-state index contributed by atoms with van der Waals surface area (Å²) in [5.74, 6) is 1.65. The Kier molecular flexibility index (Phi) is 4.70. The van der Waals surface area contributed by atoms with E-state index in [4.69, 9.17) is 11.3 Å². The molecule has 0 aromatic heterocycles. The minimum atomic E-state index is 0.279. The van der Waals surface area contributed by atoms with Crippen LogP contribution in [-0.2, 0) is 6.42 Å². The van der Waals surface area contributed by atoms with Crippen LogP contribution in [0.5, 0.6) is 5.75 Å². The number of hydrogen-bond donors (Lipinski definition) is 0. The molecule has 1 aliphatic heterocycles. The van der Waals surface area contributed by atoms with Gasteiger partial charge in [-0.05, 0) is 47.8 Å². The molecule has 108 valence electrons. The van der Waals surface area contributed by atoms with Crippen molar-refractivity contribution < 1.29 is 4.74 Å². The number of hydrogen-bond acceptors (Lipinski definition) is 1. The summed E-state index contributed by atoms with van der Waals surface area (Å²) in [5, 5.41) is 0. The van der Waals surface area contributed by atoms with E-state index < -0.39 is 0 Å². The maximum Gasteiger partial charge on any atom is 0.214 e. The Morgan fingerprint density at radius 3 is 2.80 bits per heavy atom. The minimum absolute atomic E-state index is 0.279. The lowest BCUT2D eigenvalue weighted by Crippen LogP contribution is -2.25. The van der Waals surface area contributed by atoms with E-state index in [0.29, 0.717) is 12.5 Å². The third-order valence-electron chi connectivity index (χ3n) is 4.14. The molecule has 1 aliphatic rings. The smallest absolute Gasteiger partial charge is 0.214 e. The molecule has 0 N–H and O–H groups in total. The van der Waals surface area contributed by atoms with Crippen molar-refractivity contribution in [3.8, 4) is 5.75 Å². The van der Waals surface area contributed by atoms with Crippen molar-refractivity contribution in [2.24, 2.45) is 5.41 Å². The molecular formula is C18H25NO. The third kappa shape index (κ3) is 3.54. The van der Waals surface area contributed by atoms with E-state index >= 15 is 0 Å². The molecule has 0 fully saturated rings. The van der Waals surface area contributed by atoms with Crippen LogP contribution in [0.25, 0.3) is 4.85 Å². The summed E-state index contributed by atoms with van der Waals surface area (Å²) in [6.07, 6.45) is 4.28. The molecule has 0 aliphatic carbocycles. The number of ether oxygens (including phenoxy) is 1. The summed E-state index contributed by atoms with van der Waals surface area (Å²) in [4.78, 5) is 3.41. The fraction of sp³-hybridized carbons (Fsp3) is 0.611. The Labute approximate surface area is 123 Å². The van der Waals surface area contributed by atoms with Gasteiger partial charge in [-0.3, -0.25) is 0 Å². The van der Waals surface area contributed by atoms with Gasteiger partial charge in [0.05, 0.1) is 6.61 Å². The van der Waals surface area contributed by atoms with Gasteiger partial charge in [0, 0.05) is 6.42 Å². The summed E-state index contributed by atoms with van der Waals surface area (Å²) in [7, 11) is 0. The van der Waals surface area contributed by atoms with Crippen LogP contribution in [0, 0.1) is 12.0 Å². The second-order valence-electron chi connectivity index (χ2n) is 6.77. The van der Waals surface area contributed by atoms with E-state index in [1.165, 1.54) is 11.1 Å². The van der Waals surface area contributed by atoms with Gasteiger partial charge in [-0.2, -0.15) is 0 Å². The number of nitrogens with zero attached hydrogens (tertiary/aromatic N) is 1. The van der Waals surface area contributed by atoms with Crippen LogP contribution in [0.1, 0.15) is 57.1 Å². The minimum Gasteiger partial charge on any atom is -0.493 e. The molecule has 0 radical (unpaired) electrons. The van der Waals surface area contributed by atoms with E-state index in [1.54, 1.807) is 0 Å². The first kappa shape index (κ1) is 14.9. The number of rotatable bonds is 4. The summed E-state index contributed by atoms with van der Waals surface area (Å²) >= 11 is 0. The first-order valence-electron chi connectivity index (χ1n) is 7.61. The maximum atomic E-state index is 6.81. The van der Waals surface area contributed by atoms with Crippen molar-refractivity contribution >= 4 is 0 Å². The molecule has 1 heterocycles. The second kappa shape index (κ2) is 6.31. The third-order valence-corrected chi connectivity index (χ3v) is 4.14. The lowest BCUT2D eigenvalue weighted by molar-refractivity contribution is 0.203. The van der Waals surface area contributed by atoms with Gasteiger partial charge in [0.25, 0.3) is 0 Å². The van der Waals surface area contributed by atoms with E-state index in [-0.39, 0.29) is 5.41 Å². The predicted octanol–water partition coefficient (Wildman–Crippen LogP) is 4.84. The van der Waals surface area contributed by atoms with E-state index in [0.717, 1.165) is 38.0 Å². The fourth-order valence-corrected chi connectivity index (χ4v) is 3.02. The molecule has 0 saturated heterocycles. The topological polar surface area (TPSA) is 13.6 Å². The molecular weight excluding hydrogens is 246 g/mol. The molecule has 0 amide bonds. The van der Waals surface area contributed by atoms with Crippen LogP contribution in [0.15, 0.2) is 18.2 Å². The Bertz CT molecular complexity index is 493. The highest BCUT2D eigenvalue weighted by atomic mass is 16.5. The number of aryl methyl sites for hydroxylation is 1. The summed E-state index contributed by atoms with van der Waals surface area (Å²) in [6.45, 7) is 15.2. The van der Waals surface area contributed by atoms with Gasteiger partial charge in [-0.25, -0.2) is 6.57 Å². The van der Waals surface area contributed by atoms with Gasteiger partial charge in [0.15, 0.2) is 0 Å². The lowest BCUT2D eigenvalue weighted by Gasteiger charge is -2.36. The number of benzene rings is 1. The first-order valence-corrected chi connectivity index (χ1v) is 7.61. The summed E-state index contributed by atoms with van der Waals surface area (Å²) < 4.78 is 5.81. The molecule has 0 bridgehead atoms. The summed E-state index contributed by atoms with van der Waals surface area (Å²) in [5.41, 5.74) is 3.04. The normalized spacial score (nSPS) is 18.0. The second-order valence-corrected chi connectivity index (χ2v) is 6.77. The van der Waals surface area contributed by atoms with E-state index in [9.17, 15) is 0 Å². The van der Waals surface area contributed by atoms with Crippen LogP contribution >= 0.6 is 0 Å². The molecule has 0 spiro atoms. The zero-order valence-corrected chi connectivity index (χ0v) is 12.9. The zero-order chi connectivity index (χ0) is 14.6. The van der Waals surface area contributed by atoms with Crippen molar-refractivity contribution in [3.05, 3.63) is 40.7 Å². The Morgan fingerprint density at radius 1 is 1.30 bits per heavy atom. The van der Waals surface area contributed by atoms with Crippen LogP contribution in [0.2, 0.25) is 0 Å². The fourth-order valence-electron chi connectivity index (χ4n) is 3.02. The van der Waals surface area contributed by atoms with Crippen LogP contribution in [-0.4, -0.2) is 13.2 Å². The molecule has 1 unspecified atom stereocenters. The zero-order valence-electron chi connectivity index (χ0n) is 12.9. The maximum absolute atomic E-state index is 6.81. The molecule has 20 heavy (non-hydrogen) atoms. The molecule has 2 heteroatoms. The van der Waals surface area contributed by atoms with Gasteiger partial charge >= 0.3 is 0 Å². The molecule has 2 nitrogen and oxygen atoms in total. The Balaban J connectivity index is 2.14. The average molecular weight is 271 g/mol. The molecule has 1 aromatic rings. The van der Waals surface area contributed by atoms with Gasteiger partial charge in [-0.15, -0.1) is 0 Å². The van der Waals surface area contributed by atoms with Crippen molar-refractivity contribution in [2.75, 3.05) is 13.2 Å². The Hall–Kier alpha value is -1.49. The van der Waals surface area contributed by atoms with Gasteiger partial charge in [0.1, 0.15) is 5.75 Å². The SMILES string of the molecule is [C-]#[N+]CCCCc1ccc2c(c1)C(C(C)(C)C)CCO2. The standard InChI is InChI=1S/C18H25NO/c1-18(2,3)16-10-12-20-17-9-8-14(13-15(16)17)7-5-6-11-19-4/h8-9,13,16H,5-7,10-12H2,1-3H3. The van der Waals surface area contributed by atoms with Crippen molar-refractivity contribution in [1.82, 2.24) is 0 Å².